The highest BCUT2D eigenvalue weighted by molar-refractivity contribution is 7.98. The summed E-state index contributed by atoms with van der Waals surface area (Å²) in [5.41, 5.74) is 1.35. The van der Waals surface area contributed by atoms with Crippen molar-refractivity contribution in [2.24, 2.45) is 0 Å². The minimum absolute atomic E-state index is 0.274. The summed E-state index contributed by atoms with van der Waals surface area (Å²) in [6.45, 7) is 0.0305. The molecule has 0 heterocycles. The molecule has 2 aromatic carbocycles. The number of sulfonamides is 1. The molecular formula is C17H19ClN2O3S2. The first-order valence-electron chi connectivity index (χ1n) is 7.42. The molecule has 2 rings (SSSR count). The van der Waals surface area contributed by atoms with Crippen molar-refractivity contribution in [2.75, 3.05) is 23.4 Å². The van der Waals surface area contributed by atoms with Crippen LogP contribution in [0.3, 0.4) is 0 Å². The van der Waals surface area contributed by atoms with Crippen LogP contribution in [0.25, 0.3) is 0 Å². The molecule has 134 valence electrons. The van der Waals surface area contributed by atoms with E-state index in [0.29, 0.717) is 17.3 Å². The van der Waals surface area contributed by atoms with Crippen LogP contribution >= 0.6 is 23.4 Å². The number of benzene rings is 2. The van der Waals surface area contributed by atoms with Gasteiger partial charge < -0.3 is 5.32 Å². The number of rotatable bonds is 7. The number of hydrogen-bond donors (Lipinski definition) is 1. The van der Waals surface area contributed by atoms with Crippen molar-refractivity contribution in [1.82, 2.24) is 5.32 Å². The summed E-state index contributed by atoms with van der Waals surface area (Å²) >= 11 is 7.33. The Morgan fingerprint density at radius 3 is 2.48 bits per heavy atom. The van der Waals surface area contributed by atoms with Gasteiger partial charge in [0.2, 0.25) is 15.9 Å². The van der Waals surface area contributed by atoms with Gasteiger partial charge in [-0.3, -0.25) is 9.10 Å². The van der Waals surface area contributed by atoms with Crippen molar-refractivity contribution in [2.45, 2.75) is 11.4 Å². The average Bonchev–Trinajstić information content (AvgIpc) is 2.58. The Morgan fingerprint density at radius 2 is 1.88 bits per heavy atom. The van der Waals surface area contributed by atoms with E-state index >= 15 is 0 Å². The van der Waals surface area contributed by atoms with Gasteiger partial charge in [0.15, 0.2) is 0 Å². The number of nitrogens with zero attached hydrogens (tertiary/aromatic N) is 1. The number of amides is 1. The van der Waals surface area contributed by atoms with Gasteiger partial charge in [-0.15, -0.1) is 11.8 Å². The van der Waals surface area contributed by atoms with Gasteiger partial charge in [-0.1, -0.05) is 29.8 Å². The zero-order valence-electron chi connectivity index (χ0n) is 13.9. The summed E-state index contributed by atoms with van der Waals surface area (Å²) in [4.78, 5) is 13.1. The van der Waals surface area contributed by atoms with Crippen LogP contribution in [-0.2, 0) is 21.4 Å². The second kappa shape index (κ2) is 8.60. The molecule has 0 aliphatic rings. The van der Waals surface area contributed by atoms with Gasteiger partial charge in [0, 0.05) is 16.5 Å². The molecule has 2 aromatic rings. The Balaban J connectivity index is 2.08. The van der Waals surface area contributed by atoms with Crippen LogP contribution in [0.4, 0.5) is 5.69 Å². The lowest BCUT2D eigenvalue weighted by Crippen LogP contribution is -2.40. The second-order valence-electron chi connectivity index (χ2n) is 5.37. The summed E-state index contributed by atoms with van der Waals surface area (Å²) in [7, 11) is -3.58. The molecule has 0 unspecified atom stereocenters. The van der Waals surface area contributed by atoms with E-state index in [1.165, 1.54) is 11.8 Å². The molecule has 0 spiro atoms. The Kier molecular flexibility index (Phi) is 6.75. The number of carbonyl (C=O) groups excluding carboxylic acids is 1. The maximum absolute atomic E-state index is 12.2. The standard InChI is InChI=1S/C17H19ClN2O3S2/c1-24-16-5-3-4-15(10-16)20(25(2,22)23)12-17(21)19-11-13-6-8-14(18)9-7-13/h3-10H,11-12H2,1-2H3,(H,19,21). The molecule has 0 aromatic heterocycles. The molecule has 0 aliphatic heterocycles. The fraction of sp³-hybridized carbons (Fsp3) is 0.235. The highest BCUT2D eigenvalue weighted by Crippen LogP contribution is 2.23. The fourth-order valence-electron chi connectivity index (χ4n) is 2.15. The van der Waals surface area contributed by atoms with Crippen LogP contribution in [-0.4, -0.2) is 33.4 Å². The van der Waals surface area contributed by atoms with Crippen LogP contribution in [0.2, 0.25) is 5.02 Å². The van der Waals surface area contributed by atoms with Gasteiger partial charge in [-0.05, 0) is 42.2 Å². The van der Waals surface area contributed by atoms with Crippen molar-refractivity contribution in [3.63, 3.8) is 0 Å². The second-order valence-corrected chi connectivity index (χ2v) is 8.60. The lowest BCUT2D eigenvalue weighted by Gasteiger charge is -2.22. The van der Waals surface area contributed by atoms with Crippen LogP contribution < -0.4 is 9.62 Å². The van der Waals surface area contributed by atoms with Crippen molar-refractivity contribution < 1.29 is 13.2 Å². The third-order valence-electron chi connectivity index (χ3n) is 3.43. The third kappa shape index (κ3) is 5.95. The summed E-state index contributed by atoms with van der Waals surface area (Å²) in [6.07, 6.45) is 2.99. The van der Waals surface area contributed by atoms with E-state index in [-0.39, 0.29) is 12.5 Å². The molecule has 8 heteroatoms. The zero-order chi connectivity index (χ0) is 18.4. The van der Waals surface area contributed by atoms with E-state index in [1.54, 1.807) is 42.5 Å². The smallest absolute Gasteiger partial charge is 0.241 e. The van der Waals surface area contributed by atoms with Crippen molar-refractivity contribution in [3.05, 3.63) is 59.1 Å². The molecule has 0 saturated carbocycles. The van der Waals surface area contributed by atoms with Gasteiger partial charge in [0.05, 0.1) is 11.9 Å². The largest absolute Gasteiger partial charge is 0.350 e. The average molecular weight is 399 g/mol. The molecule has 0 fully saturated rings. The number of hydrogen-bond acceptors (Lipinski definition) is 4. The lowest BCUT2D eigenvalue weighted by molar-refractivity contribution is -0.119. The maximum Gasteiger partial charge on any atom is 0.241 e. The van der Waals surface area contributed by atoms with E-state index in [9.17, 15) is 13.2 Å². The van der Waals surface area contributed by atoms with Crippen molar-refractivity contribution in [1.29, 1.82) is 0 Å². The predicted molar refractivity (Wildman–Crippen MR) is 104 cm³/mol. The van der Waals surface area contributed by atoms with Crippen LogP contribution in [0.15, 0.2) is 53.4 Å². The van der Waals surface area contributed by atoms with E-state index in [4.69, 9.17) is 11.6 Å². The van der Waals surface area contributed by atoms with Crippen molar-refractivity contribution in [3.8, 4) is 0 Å². The first-order valence-corrected chi connectivity index (χ1v) is 10.9. The minimum Gasteiger partial charge on any atom is -0.350 e. The Hall–Kier alpha value is -1.70. The highest BCUT2D eigenvalue weighted by Gasteiger charge is 2.21. The fourth-order valence-corrected chi connectivity index (χ4v) is 3.58. The van der Waals surface area contributed by atoms with E-state index in [1.807, 2.05) is 12.3 Å². The third-order valence-corrected chi connectivity index (χ3v) is 5.55. The number of carbonyl (C=O) groups is 1. The monoisotopic (exact) mass is 398 g/mol. The van der Waals surface area contributed by atoms with Gasteiger partial charge in [0.1, 0.15) is 6.54 Å². The summed E-state index contributed by atoms with van der Waals surface area (Å²) in [5, 5.41) is 3.34. The highest BCUT2D eigenvalue weighted by atomic mass is 35.5. The molecule has 0 saturated heterocycles. The molecule has 0 aliphatic carbocycles. The van der Waals surface area contributed by atoms with Gasteiger partial charge in [-0.25, -0.2) is 8.42 Å². The van der Waals surface area contributed by atoms with Crippen LogP contribution in [0, 0.1) is 0 Å². The van der Waals surface area contributed by atoms with Crippen LogP contribution in [0.1, 0.15) is 5.56 Å². The maximum atomic E-state index is 12.2. The van der Waals surface area contributed by atoms with Gasteiger partial charge in [-0.2, -0.15) is 0 Å². The number of halogens is 1. The van der Waals surface area contributed by atoms with E-state index in [2.05, 4.69) is 5.32 Å². The van der Waals surface area contributed by atoms with Crippen molar-refractivity contribution >= 4 is 45.0 Å². The number of thioether (sulfide) groups is 1. The zero-order valence-corrected chi connectivity index (χ0v) is 16.3. The quantitative estimate of drug-likeness (QED) is 0.727. The molecule has 1 amide bonds. The Bertz CT molecular complexity index is 839. The molecular weight excluding hydrogens is 380 g/mol. The number of anilines is 1. The lowest BCUT2D eigenvalue weighted by atomic mass is 10.2. The minimum atomic E-state index is -3.58. The predicted octanol–water partition coefficient (Wildman–Crippen LogP) is 3.14. The summed E-state index contributed by atoms with van der Waals surface area (Å²) in [5.74, 6) is -0.380. The normalized spacial score (nSPS) is 11.2. The first-order chi connectivity index (χ1) is 11.8. The molecule has 0 bridgehead atoms. The number of nitrogens with one attached hydrogen (secondary N) is 1. The van der Waals surface area contributed by atoms with Gasteiger partial charge >= 0.3 is 0 Å². The SMILES string of the molecule is CSc1cccc(N(CC(=O)NCc2ccc(Cl)cc2)S(C)(=O)=O)c1. The molecule has 1 N–H and O–H groups in total. The molecule has 25 heavy (non-hydrogen) atoms. The van der Waals surface area contributed by atoms with E-state index in [0.717, 1.165) is 21.0 Å². The Labute approximate surface area is 157 Å². The summed E-state index contributed by atoms with van der Waals surface area (Å²) < 4.78 is 25.3. The Morgan fingerprint density at radius 1 is 1.20 bits per heavy atom. The van der Waals surface area contributed by atoms with E-state index < -0.39 is 10.0 Å². The molecule has 5 nitrogen and oxygen atoms in total. The molecule has 0 radical (unpaired) electrons. The topological polar surface area (TPSA) is 66.5 Å². The molecule has 0 atom stereocenters. The first kappa shape index (κ1) is 19.6. The summed E-state index contributed by atoms with van der Waals surface area (Å²) in [6, 6.07) is 14.2. The van der Waals surface area contributed by atoms with Crippen LogP contribution in [0.5, 0.6) is 0 Å². The van der Waals surface area contributed by atoms with Gasteiger partial charge in [0.25, 0.3) is 0 Å².